The minimum atomic E-state index is -0.462. The topological polar surface area (TPSA) is 91.3 Å². The molecule has 2 aromatic carbocycles. The van der Waals surface area contributed by atoms with Gasteiger partial charge in [-0.1, -0.05) is 36.0 Å². The van der Waals surface area contributed by atoms with Crippen LogP contribution in [-0.2, 0) is 0 Å². The quantitative estimate of drug-likeness (QED) is 0.279. The van der Waals surface area contributed by atoms with Crippen molar-refractivity contribution in [2.75, 3.05) is 12.4 Å². The second kappa shape index (κ2) is 7.60. The number of benzene rings is 2. The number of para-hydroxylation sites is 1. The predicted octanol–water partition coefficient (Wildman–Crippen LogP) is 3.82. The molecule has 0 spiro atoms. The van der Waals surface area contributed by atoms with Crippen LogP contribution < -0.4 is 4.74 Å². The molecular weight excluding hydrogens is 330 g/mol. The summed E-state index contributed by atoms with van der Waals surface area (Å²) in [4.78, 5) is 10.3. The molecule has 0 saturated carbocycles. The van der Waals surface area contributed by atoms with E-state index < -0.39 is 4.92 Å². The average Bonchev–Trinajstić information content (AvgIpc) is 3.09. The zero-order valence-electron chi connectivity index (χ0n) is 12.5. The first-order valence-corrected chi connectivity index (χ1v) is 8.10. The minimum Gasteiger partial charge on any atom is -0.493 e. The number of rotatable bonds is 7. The molecule has 0 aliphatic heterocycles. The summed E-state index contributed by atoms with van der Waals surface area (Å²) >= 11 is 1.37. The van der Waals surface area contributed by atoms with Gasteiger partial charge in [-0.2, -0.15) is 0 Å². The first-order chi connectivity index (χ1) is 11.7. The van der Waals surface area contributed by atoms with E-state index in [0.717, 1.165) is 5.75 Å². The molecule has 1 aromatic heterocycles. The van der Waals surface area contributed by atoms with Gasteiger partial charge in [0.05, 0.1) is 11.5 Å². The lowest BCUT2D eigenvalue weighted by Gasteiger charge is -2.03. The van der Waals surface area contributed by atoms with Crippen LogP contribution in [0.4, 0.5) is 5.69 Å². The molecule has 0 aliphatic carbocycles. The maximum atomic E-state index is 10.8. The van der Waals surface area contributed by atoms with Crippen molar-refractivity contribution in [3.05, 3.63) is 64.7 Å². The summed E-state index contributed by atoms with van der Waals surface area (Å²) in [6.07, 6.45) is 0. The highest BCUT2D eigenvalue weighted by molar-refractivity contribution is 7.99. The van der Waals surface area contributed by atoms with Gasteiger partial charge in [-0.3, -0.25) is 10.1 Å². The van der Waals surface area contributed by atoms with Crippen LogP contribution in [0.3, 0.4) is 0 Å². The Labute approximate surface area is 141 Å². The predicted molar refractivity (Wildman–Crippen MR) is 89.0 cm³/mol. The first-order valence-electron chi connectivity index (χ1n) is 7.11. The van der Waals surface area contributed by atoms with E-state index in [1.165, 1.54) is 23.9 Å². The van der Waals surface area contributed by atoms with Crippen LogP contribution in [0.25, 0.3) is 11.5 Å². The van der Waals surface area contributed by atoms with Gasteiger partial charge < -0.3 is 9.15 Å². The van der Waals surface area contributed by atoms with Crippen LogP contribution in [0.2, 0.25) is 0 Å². The van der Waals surface area contributed by atoms with Crippen molar-refractivity contribution in [3.8, 4) is 17.2 Å². The summed E-state index contributed by atoms with van der Waals surface area (Å²) < 4.78 is 11.1. The molecule has 0 amide bonds. The van der Waals surface area contributed by atoms with Crippen LogP contribution >= 0.6 is 11.8 Å². The van der Waals surface area contributed by atoms with Gasteiger partial charge in [-0.05, 0) is 18.2 Å². The van der Waals surface area contributed by atoms with Gasteiger partial charge in [0, 0.05) is 23.4 Å². The lowest BCUT2D eigenvalue weighted by atomic mass is 10.2. The SMILES string of the molecule is O=[N+]([O-])c1cccc(-c2nnc(SCCOc3ccccc3)o2)c1. The van der Waals surface area contributed by atoms with E-state index in [4.69, 9.17) is 9.15 Å². The Kier molecular flexibility index (Phi) is 5.07. The third-order valence-electron chi connectivity index (χ3n) is 3.03. The van der Waals surface area contributed by atoms with E-state index >= 15 is 0 Å². The number of hydrogen-bond donors (Lipinski definition) is 0. The fourth-order valence-corrected chi connectivity index (χ4v) is 2.52. The largest absolute Gasteiger partial charge is 0.493 e. The molecule has 0 N–H and O–H groups in total. The van der Waals surface area contributed by atoms with Crippen LogP contribution in [-0.4, -0.2) is 27.5 Å². The molecule has 3 rings (SSSR count). The second-order valence-corrected chi connectivity index (χ2v) is 5.74. The second-order valence-electron chi connectivity index (χ2n) is 4.69. The van der Waals surface area contributed by atoms with E-state index in [0.29, 0.717) is 23.1 Å². The third-order valence-corrected chi connectivity index (χ3v) is 3.81. The number of nitro benzene ring substituents is 1. The molecule has 0 radical (unpaired) electrons. The molecular formula is C16H13N3O4S. The molecule has 0 saturated heterocycles. The molecule has 24 heavy (non-hydrogen) atoms. The molecule has 0 fully saturated rings. The molecule has 1 heterocycles. The maximum Gasteiger partial charge on any atom is 0.276 e. The third kappa shape index (κ3) is 4.11. The summed E-state index contributed by atoms with van der Waals surface area (Å²) in [7, 11) is 0. The lowest BCUT2D eigenvalue weighted by Crippen LogP contribution is -1.99. The van der Waals surface area contributed by atoms with Crippen molar-refractivity contribution in [2.24, 2.45) is 0 Å². The Morgan fingerprint density at radius 3 is 2.75 bits per heavy atom. The van der Waals surface area contributed by atoms with Gasteiger partial charge >= 0.3 is 0 Å². The van der Waals surface area contributed by atoms with Crippen molar-refractivity contribution >= 4 is 17.4 Å². The molecule has 122 valence electrons. The summed E-state index contributed by atoms with van der Waals surface area (Å²) in [6.45, 7) is 0.503. The normalized spacial score (nSPS) is 10.5. The number of nitrogens with zero attached hydrogens (tertiary/aromatic N) is 3. The van der Waals surface area contributed by atoms with E-state index in [2.05, 4.69) is 10.2 Å². The van der Waals surface area contributed by atoms with E-state index in [1.54, 1.807) is 12.1 Å². The number of thioether (sulfide) groups is 1. The number of hydrogen-bond acceptors (Lipinski definition) is 7. The number of ether oxygens (including phenoxy) is 1. The van der Waals surface area contributed by atoms with Crippen LogP contribution in [0.15, 0.2) is 64.2 Å². The lowest BCUT2D eigenvalue weighted by molar-refractivity contribution is -0.384. The Morgan fingerprint density at radius 2 is 1.96 bits per heavy atom. The van der Waals surface area contributed by atoms with Gasteiger partial charge in [-0.15, -0.1) is 10.2 Å². The Bertz CT molecular complexity index is 823. The summed E-state index contributed by atoms with van der Waals surface area (Å²) in [5, 5.41) is 19.1. The Hall–Kier alpha value is -2.87. The van der Waals surface area contributed by atoms with Gasteiger partial charge in [-0.25, -0.2) is 0 Å². The van der Waals surface area contributed by atoms with E-state index in [1.807, 2.05) is 30.3 Å². The van der Waals surface area contributed by atoms with Gasteiger partial charge in [0.15, 0.2) is 0 Å². The molecule has 0 unspecified atom stereocenters. The Balaban J connectivity index is 1.56. The van der Waals surface area contributed by atoms with Gasteiger partial charge in [0.2, 0.25) is 5.89 Å². The van der Waals surface area contributed by atoms with Crippen molar-refractivity contribution in [3.63, 3.8) is 0 Å². The molecule has 8 heteroatoms. The van der Waals surface area contributed by atoms with Crippen molar-refractivity contribution in [2.45, 2.75) is 5.22 Å². The zero-order valence-corrected chi connectivity index (χ0v) is 13.3. The summed E-state index contributed by atoms with van der Waals surface area (Å²) in [6, 6.07) is 15.6. The zero-order chi connectivity index (χ0) is 16.8. The van der Waals surface area contributed by atoms with Crippen LogP contribution in [0, 0.1) is 10.1 Å². The Morgan fingerprint density at radius 1 is 1.12 bits per heavy atom. The highest BCUT2D eigenvalue weighted by atomic mass is 32.2. The molecule has 0 aliphatic rings. The highest BCUT2D eigenvalue weighted by Crippen LogP contribution is 2.25. The molecule has 0 atom stereocenters. The summed E-state index contributed by atoms with van der Waals surface area (Å²) in [5.74, 6) is 1.71. The summed E-state index contributed by atoms with van der Waals surface area (Å²) in [5.41, 5.74) is 0.500. The van der Waals surface area contributed by atoms with Crippen LogP contribution in [0.5, 0.6) is 5.75 Å². The van der Waals surface area contributed by atoms with Crippen molar-refractivity contribution in [1.82, 2.24) is 10.2 Å². The fourth-order valence-electron chi connectivity index (χ4n) is 1.94. The van der Waals surface area contributed by atoms with Crippen molar-refractivity contribution in [1.29, 1.82) is 0 Å². The standard InChI is InChI=1S/C16H13N3O4S/c20-19(21)13-6-4-5-12(11-13)15-17-18-16(23-15)24-10-9-22-14-7-2-1-3-8-14/h1-8,11H,9-10H2. The molecule has 3 aromatic rings. The van der Waals surface area contributed by atoms with E-state index in [9.17, 15) is 10.1 Å². The number of nitro groups is 1. The number of non-ortho nitro benzene ring substituents is 1. The van der Waals surface area contributed by atoms with E-state index in [-0.39, 0.29) is 11.6 Å². The average molecular weight is 343 g/mol. The fraction of sp³-hybridized carbons (Fsp3) is 0.125. The van der Waals surface area contributed by atoms with Crippen LogP contribution in [0.1, 0.15) is 0 Å². The molecule has 7 nitrogen and oxygen atoms in total. The smallest absolute Gasteiger partial charge is 0.276 e. The number of aromatic nitrogens is 2. The highest BCUT2D eigenvalue weighted by Gasteiger charge is 2.13. The maximum absolute atomic E-state index is 10.8. The van der Waals surface area contributed by atoms with Crippen molar-refractivity contribution < 1.29 is 14.1 Å². The monoisotopic (exact) mass is 343 g/mol. The molecule has 0 bridgehead atoms. The first kappa shape index (κ1) is 16.0. The van der Waals surface area contributed by atoms with Gasteiger partial charge in [0.1, 0.15) is 5.75 Å². The minimum absolute atomic E-state index is 0.0174. The van der Waals surface area contributed by atoms with Gasteiger partial charge in [0.25, 0.3) is 10.9 Å².